The van der Waals surface area contributed by atoms with Gasteiger partial charge in [-0.3, -0.25) is 9.59 Å². The molecule has 0 atom stereocenters. The standard InChI is InChI=1S/C17H15N5O2S2/c1-2-12-11(7-19)15(24)22-17(20-12)25-8-14(23)21-16-10(6-18)9-4-3-5-13(9)26-16/h2-5,8H2,1H3,(H,21,23)(H,20,22,24). The second-order valence-electron chi connectivity index (χ2n) is 5.67. The summed E-state index contributed by atoms with van der Waals surface area (Å²) in [4.78, 5) is 32.0. The van der Waals surface area contributed by atoms with Crippen LogP contribution in [0.15, 0.2) is 9.95 Å². The van der Waals surface area contributed by atoms with Crippen LogP contribution in [0.3, 0.4) is 0 Å². The Hall–Kier alpha value is -2.62. The molecule has 2 aromatic rings. The Balaban J connectivity index is 1.69. The molecule has 0 aromatic carbocycles. The molecule has 2 N–H and O–H groups in total. The molecule has 2 heterocycles. The molecular weight excluding hydrogens is 370 g/mol. The van der Waals surface area contributed by atoms with Crippen LogP contribution in [0.25, 0.3) is 0 Å². The number of carbonyl (C=O) groups is 1. The number of nitriles is 2. The summed E-state index contributed by atoms with van der Waals surface area (Å²) in [5.41, 5.74) is 1.56. The van der Waals surface area contributed by atoms with Crippen molar-refractivity contribution in [3.8, 4) is 12.1 Å². The minimum Gasteiger partial charge on any atom is -0.316 e. The zero-order valence-corrected chi connectivity index (χ0v) is 15.6. The van der Waals surface area contributed by atoms with Gasteiger partial charge >= 0.3 is 0 Å². The molecule has 9 heteroatoms. The topological polar surface area (TPSA) is 122 Å². The largest absolute Gasteiger partial charge is 0.316 e. The van der Waals surface area contributed by atoms with E-state index in [-0.39, 0.29) is 17.2 Å². The molecule has 0 radical (unpaired) electrons. The Kier molecular flexibility index (Phi) is 5.40. The third-order valence-electron chi connectivity index (χ3n) is 4.05. The van der Waals surface area contributed by atoms with Gasteiger partial charge in [0.05, 0.1) is 17.0 Å². The number of aromatic nitrogens is 2. The Morgan fingerprint density at radius 2 is 2.12 bits per heavy atom. The van der Waals surface area contributed by atoms with E-state index in [1.54, 1.807) is 0 Å². The van der Waals surface area contributed by atoms with Crippen molar-refractivity contribution in [3.63, 3.8) is 0 Å². The van der Waals surface area contributed by atoms with E-state index in [4.69, 9.17) is 5.26 Å². The fourth-order valence-electron chi connectivity index (χ4n) is 2.84. The first kappa shape index (κ1) is 18.2. The maximum atomic E-state index is 12.2. The predicted octanol–water partition coefficient (Wildman–Crippen LogP) is 2.36. The summed E-state index contributed by atoms with van der Waals surface area (Å²) in [5, 5.41) is 22.0. The molecule has 0 bridgehead atoms. The molecule has 3 rings (SSSR count). The van der Waals surface area contributed by atoms with Crippen molar-refractivity contribution >= 4 is 34.0 Å². The average molecular weight is 385 g/mol. The van der Waals surface area contributed by atoms with E-state index in [1.807, 2.05) is 13.0 Å². The van der Waals surface area contributed by atoms with Gasteiger partial charge in [-0.25, -0.2) is 4.98 Å². The van der Waals surface area contributed by atoms with E-state index in [0.29, 0.717) is 27.8 Å². The summed E-state index contributed by atoms with van der Waals surface area (Å²) < 4.78 is 0. The number of nitrogens with zero attached hydrogens (tertiary/aromatic N) is 3. The first-order valence-electron chi connectivity index (χ1n) is 8.08. The zero-order valence-electron chi connectivity index (χ0n) is 14.0. The van der Waals surface area contributed by atoms with Crippen LogP contribution in [0.2, 0.25) is 0 Å². The van der Waals surface area contributed by atoms with Crippen molar-refractivity contribution in [2.75, 3.05) is 11.1 Å². The van der Waals surface area contributed by atoms with Crippen molar-refractivity contribution in [1.29, 1.82) is 10.5 Å². The van der Waals surface area contributed by atoms with Crippen molar-refractivity contribution in [1.82, 2.24) is 9.97 Å². The number of aryl methyl sites for hydroxylation is 2. The van der Waals surface area contributed by atoms with E-state index in [2.05, 4.69) is 21.4 Å². The minimum atomic E-state index is -0.497. The number of hydrogen-bond donors (Lipinski definition) is 2. The lowest BCUT2D eigenvalue weighted by molar-refractivity contribution is -0.113. The van der Waals surface area contributed by atoms with Gasteiger partial charge in [-0.1, -0.05) is 18.7 Å². The van der Waals surface area contributed by atoms with E-state index in [1.165, 1.54) is 16.2 Å². The van der Waals surface area contributed by atoms with E-state index < -0.39 is 5.56 Å². The van der Waals surface area contributed by atoms with Gasteiger partial charge in [0, 0.05) is 4.88 Å². The van der Waals surface area contributed by atoms with E-state index in [9.17, 15) is 14.9 Å². The first-order chi connectivity index (χ1) is 12.6. The smallest absolute Gasteiger partial charge is 0.269 e. The molecule has 0 unspecified atom stereocenters. The number of carbonyl (C=O) groups excluding carboxylic acids is 1. The van der Waals surface area contributed by atoms with E-state index in [0.717, 1.165) is 36.6 Å². The van der Waals surface area contributed by atoms with Crippen molar-refractivity contribution < 1.29 is 4.79 Å². The highest BCUT2D eigenvalue weighted by Crippen LogP contribution is 2.38. The fraction of sp³-hybridized carbons (Fsp3) is 0.353. The van der Waals surface area contributed by atoms with Crippen molar-refractivity contribution in [2.45, 2.75) is 37.8 Å². The number of nitrogens with one attached hydrogen (secondary N) is 2. The van der Waals surface area contributed by atoms with Gasteiger partial charge in [0.2, 0.25) is 5.91 Å². The fourth-order valence-corrected chi connectivity index (χ4v) is 4.78. The maximum Gasteiger partial charge on any atom is 0.269 e. The third-order valence-corrected chi connectivity index (χ3v) is 6.13. The molecule has 1 aliphatic rings. The normalized spacial score (nSPS) is 12.3. The van der Waals surface area contributed by atoms with Crippen LogP contribution < -0.4 is 10.9 Å². The number of anilines is 1. The maximum absolute atomic E-state index is 12.2. The number of thioether (sulfide) groups is 1. The molecule has 0 spiro atoms. The number of hydrogen-bond acceptors (Lipinski definition) is 7. The van der Waals surface area contributed by atoms with Crippen LogP contribution in [0.4, 0.5) is 5.00 Å². The second kappa shape index (κ2) is 7.73. The average Bonchev–Trinajstić information content (AvgIpc) is 3.19. The van der Waals surface area contributed by atoms with E-state index >= 15 is 0 Å². The molecule has 0 aliphatic heterocycles. The first-order valence-corrected chi connectivity index (χ1v) is 9.88. The van der Waals surface area contributed by atoms with Crippen LogP contribution in [0, 0.1) is 22.7 Å². The molecule has 0 saturated heterocycles. The predicted molar refractivity (Wildman–Crippen MR) is 99.4 cm³/mol. The summed E-state index contributed by atoms with van der Waals surface area (Å²) >= 11 is 2.55. The Morgan fingerprint density at radius 1 is 1.35 bits per heavy atom. The highest BCUT2D eigenvalue weighted by atomic mass is 32.2. The summed E-state index contributed by atoms with van der Waals surface area (Å²) in [6.45, 7) is 1.81. The summed E-state index contributed by atoms with van der Waals surface area (Å²) in [5.74, 6) is -0.220. The molecule has 0 fully saturated rings. The number of rotatable bonds is 5. The van der Waals surface area contributed by atoms with Crippen LogP contribution >= 0.6 is 23.1 Å². The lowest BCUT2D eigenvalue weighted by Gasteiger charge is -2.05. The van der Waals surface area contributed by atoms with Gasteiger partial charge in [-0.15, -0.1) is 11.3 Å². The highest BCUT2D eigenvalue weighted by molar-refractivity contribution is 7.99. The summed E-state index contributed by atoms with van der Waals surface area (Å²) in [7, 11) is 0. The Labute approximate surface area is 158 Å². The summed E-state index contributed by atoms with van der Waals surface area (Å²) in [6.07, 6.45) is 3.35. The molecule has 2 aromatic heterocycles. The SMILES string of the molecule is CCc1nc(SCC(=O)Nc2sc3c(c2C#N)CCC3)[nH]c(=O)c1C#N. The number of H-pyrrole nitrogens is 1. The second-order valence-corrected chi connectivity index (χ2v) is 7.74. The van der Waals surface area contributed by atoms with Gasteiger partial charge in [0.25, 0.3) is 5.56 Å². The van der Waals surface area contributed by atoms with Crippen molar-refractivity contribution in [3.05, 3.63) is 37.6 Å². The minimum absolute atomic E-state index is 0.00747. The van der Waals surface area contributed by atoms with Crippen LogP contribution in [-0.2, 0) is 24.1 Å². The Morgan fingerprint density at radius 3 is 2.81 bits per heavy atom. The lowest BCUT2D eigenvalue weighted by Crippen LogP contribution is -2.18. The third kappa shape index (κ3) is 3.50. The summed E-state index contributed by atoms with van der Waals surface area (Å²) in [6, 6.07) is 4.04. The molecule has 7 nitrogen and oxygen atoms in total. The number of fused-ring (bicyclic) bond motifs is 1. The van der Waals surface area contributed by atoms with Gasteiger partial charge < -0.3 is 10.3 Å². The Bertz CT molecular complexity index is 1010. The van der Waals surface area contributed by atoms with Gasteiger partial charge in [-0.05, 0) is 31.2 Å². The molecule has 1 amide bonds. The van der Waals surface area contributed by atoms with Gasteiger partial charge in [0.15, 0.2) is 5.16 Å². The number of aromatic amines is 1. The molecule has 132 valence electrons. The molecule has 26 heavy (non-hydrogen) atoms. The van der Waals surface area contributed by atoms with Gasteiger partial charge in [-0.2, -0.15) is 10.5 Å². The number of thiophene rings is 1. The quantitative estimate of drug-likeness (QED) is 0.602. The van der Waals surface area contributed by atoms with Crippen LogP contribution in [-0.4, -0.2) is 21.6 Å². The molecule has 1 aliphatic carbocycles. The monoisotopic (exact) mass is 385 g/mol. The van der Waals surface area contributed by atoms with Gasteiger partial charge in [0.1, 0.15) is 22.7 Å². The van der Waals surface area contributed by atoms with Crippen LogP contribution in [0.5, 0.6) is 0 Å². The molecular formula is C17H15N5O2S2. The zero-order chi connectivity index (χ0) is 18.7. The lowest BCUT2D eigenvalue weighted by atomic mass is 10.1. The highest BCUT2D eigenvalue weighted by Gasteiger charge is 2.23. The van der Waals surface area contributed by atoms with Crippen molar-refractivity contribution in [2.24, 2.45) is 0 Å². The number of amides is 1. The van der Waals surface area contributed by atoms with Crippen LogP contribution in [0.1, 0.15) is 40.6 Å². The molecule has 0 saturated carbocycles.